The molecule has 11 heteroatoms. The van der Waals surface area contributed by atoms with Crippen molar-refractivity contribution in [2.75, 3.05) is 50.8 Å². The Hall–Kier alpha value is -2.66. The minimum Gasteiger partial charge on any atom is -0.450 e. The quantitative estimate of drug-likeness (QED) is 0.615. The van der Waals surface area contributed by atoms with E-state index in [-0.39, 0.29) is 47.9 Å². The summed E-state index contributed by atoms with van der Waals surface area (Å²) in [7, 11) is -3.69. The first kappa shape index (κ1) is 25.4. The predicted molar refractivity (Wildman–Crippen MR) is 129 cm³/mol. The molecule has 192 valence electrons. The van der Waals surface area contributed by atoms with Crippen LogP contribution in [0.2, 0.25) is 0 Å². The molecule has 3 aliphatic heterocycles. The molecule has 1 aromatic rings. The molecule has 3 heterocycles. The Balaban J connectivity index is 1.35. The average Bonchev–Trinajstić information content (AvgIpc) is 3.19. The summed E-state index contributed by atoms with van der Waals surface area (Å²) in [4.78, 5) is 42.2. The van der Waals surface area contributed by atoms with Crippen molar-refractivity contribution in [3.05, 3.63) is 23.8 Å². The van der Waals surface area contributed by atoms with E-state index in [9.17, 15) is 22.8 Å². The molecule has 0 bridgehead atoms. The first-order chi connectivity index (χ1) is 16.6. The Kier molecular flexibility index (Phi) is 7.37. The Labute approximate surface area is 206 Å². The van der Waals surface area contributed by atoms with E-state index >= 15 is 0 Å². The predicted octanol–water partition coefficient (Wildman–Crippen LogP) is 1.69. The molecule has 3 aliphatic rings. The Bertz CT molecular complexity index is 1090. The maximum Gasteiger partial charge on any atom is 0.409 e. The van der Waals surface area contributed by atoms with Gasteiger partial charge in [0, 0.05) is 63.8 Å². The van der Waals surface area contributed by atoms with Gasteiger partial charge in [-0.2, -0.15) is 4.31 Å². The maximum atomic E-state index is 13.3. The van der Waals surface area contributed by atoms with Gasteiger partial charge in [-0.05, 0) is 56.9 Å². The van der Waals surface area contributed by atoms with Crippen molar-refractivity contribution in [1.29, 1.82) is 0 Å². The van der Waals surface area contributed by atoms with Crippen molar-refractivity contribution in [2.24, 2.45) is 5.92 Å². The Morgan fingerprint density at radius 2 is 1.63 bits per heavy atom. The maximum absolute atomic E-state index is 13.3. The number of amides is 3. The Morgan fingerprint density at radius 3 is 2.23 bits per heavy atom. The third-order valence-corrected chi connectivity index (χ3v) is 9.06. The fraction of sp³-hybridized carbons (Fsp3) is 0.625. The monoisotopic (exact) mass is 506 g/mol. The summed E-state index contributed by atoms with van der Waals surface area (Å²) in [6.45, 7) is 7.92. The molecule has 10 nitrogen and oxygen atoms in total. The molecule has 0 aliphatic carbocycles. The van der Waals surface area contributed by atoms with E-state index in [0.29, 0.717) is 52.0 Å². The number of piperidine rings is 1. The highest BCUT2D eigenvalue weighted by Crippen LogP contribution is 2.35. The summed E-state index contributed by atoms with van der Waals surface area (Å²) in [5.74, 6) is -0.247. The zero-order chi connectivity index (χ0) is 25.3. The molecule has 4 rings (SSSR count). The van der Waals surface area contributed by atoms with Gasteiger partial charge in [-0.1, -0.05) is 0 Å². The topological polar surface area (TPSA) is 108 Å². The van der Waals surface area contributed by atoms with E-state index in [2.05, 4.69) is 0 Å². The molecule has 0 aromatic heterocycles. The van der Waals surface area contributed by atoms with Crippen molar-refractivity contribution in [3.8, 4) is 0 Å². The van der Waals surface area contributed by atoms with Gasteiger partial charge in [0.15, 0.2) is 0 Å². The minimum absolute atomic E-state index is 0.00127. The van der Waals surface area contributed by atoms with E-state index in [0.717, 1.165) is 11.3 Å². The van der Waals surface area contributed by atoms with E-state index in [1.54, 1.807) is 39.8 Å². The van der Waals surface area contributed by atoms with Gasteiger partial charge in [0.05, 0.1) is 11.5 Å². The molecule has 2 fully saturated rings. The van der Waals surface area contributed by atoms with Gasteiger partial charge in [-0.25, -0.2) is 13.2 Å². The van der Waals surface area contributed by atoms with Crippen LogP contribution < -0.4 is 4.90 Å². The highest BCUT2D eigenvalue weighted by Gasteiger charge is 2.36. The van der Waals surface area contributed by atoms with Crippen LogP contribution in [0.15, 0.2) is 23.1 Å². The summed E-state index contributed by atoms with van der Waals surface area (Å²) in [5, 5.41) is 0. The van der Waals surface area contributed by atoms with Crippen molar-refractivity contribution < 1.29 is 27.5 Å². The third-order valence-electron chi connectivity index (χ3n) is 7.16. The average molecular weight is 507 g/mol. The first-order valence-electron chi connectivity index (χ1n) is 12.3. The normalized spacial score (nSPS) is 21.7. The molecular weight excluding hydrogens is 472 g/mol. The van der Waals surface area contributed by atoms with Crippen LogP contribution in [-0.2, 0) is 30.8 Å². The van der Waals surface area contributed by atoms with Crippen LogP contribution in [0.5, 0.6) is 0 Å². The third kappa shape index (κ3) is 5.02. The SMILES string of the molecule is CCOC(=O)N1CCN(C(=O)C2CCN(S(=O)(=O)c3ccc4c(c3)CC(C)N4C(C)=O)CC2)CC1. The number of fused-ring (bicyclic) bond motifs is 1. The molecule has 1 unspecified atom stereocenters. The van der Waals surface area contributed by atoms with Gasteiger partial charge in [0.25, 0.3) is 0 Å². The van der Waals surface area contributed by atoms with Crippen LogP contribution in [0.3, 0.4) is 0 Å². The van der Waals surface area contributed by atoms with E-state index < -0.39 is 10.0 Å². The van der Waals surface area contributed by atoms with Crippen LogP contribution in [0.25, 0.3) is 0 Å². The molecule has 0 saturated carbocycles. The zero-order valence-corrected chi connectivity index (χ0v) is 21.4. The lowest BCUT2D eigenvalue weighted by atomic mass is 9.96. The minimum atomic E-state index is -3.69. The largest absolute Gasteiger partial charge is 0.450 e. The molecule has 2 saturated heterocycles. The molecule has 0 N–H and O–H groups in total. The molecule has 3 amide bonds. The van der Waals surface area contributed by atoms with Crippen molar-refractivity contribution >= 4 is 33.6 Å². The molecule has 1 atom stereocenters. The zero-order valence-electron chi connectivity index (χ0n) is 20.6. The number of rotatable bonds is 4. The molecule has 1 aromatic carbocycles. The van der Waals surface area contributed by atoms with Gasteiger partial charge < -0.3 is 19.4 Å². The van der Waals surface area contributed by atoms with Gasteiger partial charge in [0.2, 0.25) is 21.8 Å². The van der Waals surface area contributed by atoms with Crippen LogP contribution >= 0.6 is 0 Å². The number of carbonyl (C=O) groups is 3. The number of sulfonamides is 1. The number of hydrogen-bond donors (Lipinski definition) is 0. The van der Waals surface area contributed by atoms with Gasteiger partial charge in [0.1, 0.15) is 0 Å². The van der Waals surface area contributed by atoms with Crippen LogP contribution in [0.1, 0.15) is 39.2 Å². The summed E-state index contributed by atoms with van der Waals surface area (Å²) in [5.41, 5.74) is 1.64. The number of benzene rings is 1. The fourth-order valence-corrected chi connectivity index (χ4v) is 6.84. The van der Waals surface area contributed by atoms with E-state index in [1.165, 1.54) is 11.2 Å². The summed E-state index contributed by atoms with van der Waals surface area (Å²) in [6.07, 6.45) is 1.21. The first-order valence-corrected chi connectivity index (χ1v) is 13.7. The van der Waals surface area contributed by atoms with Crippen molar-refractivity contribution in [1.82, 2.24) is 14.1 Å². The fourth-order valence-electron chi connectivity index (χ4n) is 5.32. The van der Waals surface area contributed by atoms with Gasteiger partial charge in [-0.15, -0.1) is 0 Å². The lowest BCUT2D eigenvalue weighted by molar-refractivity contribution is -0.138. The number of ether oxygens (including phenoxy) is 1. The lowest BCUT2D eigenvalue weighted by Gasteiger charge is -2.38. The van der Waals surface area contributed by atoms with Crippen LogP contribution in [-0.4, -0.2) is 92.3 Å². The molecular formula is C24H34N4O6S. The number of anilines is 1. The second-order valence-corrected chi connectivity index (χ2v) is 11.4. The number of piperazine rings is 1. The van der Waals surface area contributed by atoms with Crippen molar-refractivity contribution in [2.45, 2.75) is 51.0 Å². The summed E-state index contributed by atoms with van der Waals surface area (Å²) < 4.78 is 33.1. The highest BCUT2D eigenvalue weighted by atomic mass is 32.2. The molecule has 35 heavy (non-hydrogen) atoms. The number of nitrogens with zero attached hydrogens (tertiary/aromatic N) is 4. The van der Waals surface area contributed by atoms with Crippen LogP contribution in [0, 0.1) is 5.92 Å². The Morgan fingerprint density at radius 1 is 1.00 bits per heavy atom. The van der Waals surface area contributed by atoms with E-state index in [1.807, 2.05) is 6.92 Å². The highest BCUT2D eigenvalue weighted by molar-refractivity contribution is 7.89. The summed E-state index contributed by atoms with van der Waals surface area (Å²) in [6, 6.07) is 4.98. The van der Waals surface area contributed by atoms with Gasteiger partial charge >= 0.3 is 6.09 Å². The lowest BCUT2D eigenvalue weighted by Crippen LogP contribution is -2.53. The number of hydrogen-bond acceptors (Lipinski definition) is 6. The van der Waals surface area contributed by atoms with E-state index in [4.69, 9.17) is 4.74 Å². The second kappa shape index (κ2) is 10.1. The summed E-state index contributed by atoms with van der Waals surface area (Å²) >= 11 is 0. The second-order valence-electron chi connectivity index (χ2n) is 9.42. The smallest absolute Gasteiger partial charge is 0.409 e. The van der Waals surface area contributed by atoms with Crippen molar-refractivity contribution in [3.63, 3.8) is 0 Å². The molecule has 0 radical (unpaired) electrons. The standard InChI is InChI=1S/C24H34N4O6S/c1-4-34-24(31)26-13-11-25(12-14-26)23(30)19-7-9-27(10-8-19)35(32,33)21-5-6-22-20(16-21)15-17(2)28(22)18(3)29/h5-6,16-17,19H,4,7-15H2,1-3H3. The number of carbonyl (C=O) groups excluding carboxylic acids is 3. The van der Waals surface area contributed by atoms with Crippen LogP contribution in [0.4, 0.5) is 10.5 Å². The van der Waals surface area contributed by atoms with Gasteiger partial charge in [-0.3, -0.25) is 9.59 Å². The molecule has 0 spiro atoms.